The quantitative estimate of drug-likeness (QED) is 0.548. The number of carbonyl (C=O) groups is 2. The highest BCUT2D eigenvalue weighted by Gasteiger charge is 2.06. The van der Waals surface area contributed by atoms with Crippen LogP contribution in [0.3, 0.4) is 0 Å². The van der Waals surface area contributed by atoms with Gasteiger partial charge < -0.3 is 9.47 Å². The van der Waals surface area contributed by atoms with Crippen molar-refractivity contribution >= 4 is 23.4 Å². The maximum atomic E-state index is 11.8. The first-order valence-electron chi connectivity index (χ1n) is 8.16. The molecule has 0 saturated carbocycles. The van der Waals surface area contributed by atoms with E-state index in [2.05, 4.69) is 10.9 Å². The number of halogens is 1. The van der Waals surface area contributed by atoms with Gasteiger partial charge in [0.25, 0.3) is 0 Å². The van der Waals surface area contributed by atoms with Crippen molar-refractivity contribution in [2.24, 2.45) is 0 Å². The highest BCUT2D eigenvalue weighted by atomic mass is 35.5. The van der Waals surface area contributed by atoms with E-state index in [0.29, 0.717) is 23.8 Å². The Bertz CT molecular complexity index is 717. The number of benzene rings is 2. The lowest BCUT2D eigenvalue weighted by atomic mass is 10.1. The number of rotatable bonds is 8. The molecule has 2 rings (SSSR count). The SMILES string of the molecule is COc1ccc(OCCCC(=O)NNC(=O)Cc2ccc(Cl)cc2)cc1. The molecule has 0 saturated heterocycles. The lowest BCUT2D eigenvalue weighted by molar-refractivity contribution is -0.128. The Balaban J connectivity index is 1.59. The smallest absolute Gasteiger partial charge is 0.242 e. The summed E-state index contributed by atoms with van der Waals surface area (Å²) in [4.78, 5) is 23.5. The van der Waals surface area contributed by atoms with Crippen LogP contribution in [-0.4, -0.2) is 25.5 Å². The van der Waals surface area contributed by atoms with Gasteiger partial charge in [0.05, 0.1) is 20.1 Å². The van der Waals surface area contributed by atoms with Crippen molar-refractivity contribution in [2.75, 3.05) is 13.7 Å². The Morgan fingerprint density at radius 1 is 0.923 bits per heavy atom. The van der Waals surface area contributed by atoms with E-state index >= 15 is 0 Å². The summed E-state index contributed by atoms with van der Waals surface area (Å²) in [7, 11) is 1.60. The minimum Gasteiger partial charge on any atom is -0.497 e. The molecule has 0 aliphatic carbocycles. The molecule has 0 bridgehead atoms. The van der Waals surface area contributed by atoms with Crippen molar-refractivity contribution in [3.05, 3.63) is 59.1 Å². The summed E-state index contributed by atoms with van der Waals surface area (Å²) in [5.41, 5.74) is 5.60. The van der Waals surface area contributed by atoms with Gasteiger partial charge in [-0.25, -0.2) is 0 Å². The van der Waals surface area contributed by atoms with E-state index in [1.807, 2.05) is 0 Å². The maximum absolute atomic E-state index is 11.8. The monoisotopic (exact) mass is 376 g/mol. The lowest BCUT2D eigenvalue weighted by Crippen LogP contribution is -2.42. The normalized spacial score (nSPS) is 10.1. The third-order valence-electron chi connectivity index (χ3n) is 3.50. The minimum absolute atomic E-state index is 0.165. The standard InChI is InChI=1S/C19H21ClN2O4/c1-25-16-8-10-17(11-9-16)26-12-2-3-18(23)21-22-19(24)13-14-4-6-15(20)7-5-14/h4-11H,2-3,12-13H2,1H3,(H,21,23)(H,22,24). The molecular formula is C19H21ClN2O4. The second-order valence-electron chi connectivity index (χ2n) is 5.53. The van der Waals surface area contributed by atoms with Gasteiger partial charge in [-0.3, -0.25) is 20.4 Å². The number of methoxy groups -OCH3 is 1. The van der Waals surface area contributed by atoms with Crippen LogP contribution in [0.15, 0.2) is 48.5 Å². The van der Waals surface area contributed by atoms with Crippen LogP contribution in [0.4, 0.5) is 0 Å². The van der Waals surface area contributed by atoms with Gasteiger partial charge in [0.1, 0.15) is 11.5 Å². The summed E-state index contributed by atoms with van der Waals surface area (Å²) < 4.78 is 10.6. The molecule has 0 spiro atoms. The summed E-state index contributed by atoms with van der Waals surface area (Å²) in [5.74, 6) is 0.900. The Hall–Kier alpha value is -2.73. The summed E-state index contributed by atoms with van der Waals surface area (Å²) >= 11 is 5.79. The molecule has 0 heterocycles. The molecule has 2 amide bonds. The number of nitrogens with one attached hydrogen (secondary N) is 2. The Kier molecular flexibility index (Phi) is 7.76. The van der Waals surface area contributed by atoms with Crippen molar-refractivity contribution in [3.8, 4) is 11.5 Å². The molecular weight excluding hydrogens is 356 g/mol. The van der Waals surface area contributed by atoms with Crippen LogP contribution in [0.5, 0.6) is 11.5 Å². The fraction of sp³-hybridized carbons (Fsp3) is 0.263. The predicted octanol–water partition coefficient (Wildman–Crippen LogP) is 2.90. The molecule has 0 atom stereocenters. The molecule has 0 aliphatic heterocycles. The van der Waals surface area contributed by atoms with Crippen LogP contribution in [0.25, 0.3) is 0 Å². The molecule has 0 unspecified atom stereocenters. The second-order valence-corrected chi connectivity index (χ2v) is 5.96. The summed E-state index contributed by atoms with van der Waals surface area (Å²) in [5, 5.41) is 0.610. The van der Waals surface area contributed by atoms with Crippen LogP contribution < -0.4 is 20.3 Å². The molecule has 0 fully saturated rings. The number of hydrogen-bond donors (Lipinski definition) is 2. The lowest BCUT2D eigenvalue weighted by Gasteiger charge is -2.09. The largest absolute Gasteiger partial charge is 0.497 e. The molecule has 2 aromatic carbocycles. The minimum atomic E-state index is -0.296. The summed E-state index contributed by atoms with van der Waals surface area (Å²) in [6.45, 7) is 0.401. The Morgan fingerprint density at radius 3 is 2.19 bits per heavy atom. The van der Waals surface area contributed by atoms with E-state index in [-0.39, 0.29) is 24.7 Å². The first kappa shape index (κ1) is 19.6. The van der Waals surface area contributed by atoms with Gasteiger partial charge >= 0.3 is 0 Å². The number of carbonyl (C=O) groups excluding carboxylic acids is 2. The third kappa shape index (κ3) is 7.03. The van der Waals surface area contributed by atoms with Crippen molar-refractivity contribution < 1.29 is 19.1 Å². The Labute approximate surface area is 157 Å². The zero-order valence-electron chi connectivity index (χ0n) is 14.5. The maximum Gasteiger partial charge on any atom is 0.242 e. The molecule has 6 nitrogen and oxygen atoms in total. The fourth-order valence-electron chi connectivity index (χ4n) is 2.13. The Morgan fingerprint density at radius 2 is 1.54 bits per heavy atom. The van der Waals surface area contributed by atoms with Crippen molar-refractivity contribution in [3.63, 3.8) is 0 Å². The van der Waals surface area contributed by atoms with E-state index in [0.717, 1.165) is 11.3 Å². The molecule has 0 aromatic heterocycles. The average molecular weight is 377 g/mol. The number of amides is 2. The van der Waals surface area contributed by atoms with Gasteiger partial charge in [-0.05, 0) is 48.4 Å². The molecule has 0 aliphatic rings. The van der Waals surface area contributed by atoms with E-state index < -0.39 is 0 Å². The van der Waals surface area contributed by atoms with Crippen molar-refractivity contribution in [1.82, 2.24) is 10.9 Å². The van der Waals surface area contributed by atoms with E-state index in [1.165, 1.54) is 0 Å². The van der Waals surface area contributed by atoms with Gasteiger partial charge in [-0.1, -0.05) is 23.7 Å². The number of hydrogen-bond acceptors (Lipinski definition) is 4. The third-order valence-corrected chi connectivity index (χ3v) is 3.75. The zero-order valence-corrected chi connectivity index (χ0v) is 15.2. The van der Waals surface area contributed by atoms with E-state index in [4.69, 9.17) is 21.1 Å². The molecule has 0 radical (unpaired) electrons. The van der Waals surface area contributed by atoms with Crippen molar-refractivity contribution in [1.29, 1.82) is 0 Å². The van der Waals surface area contributed by atoms with Gasteiger partial charge in [0.15, 0.2) is 0 Å². The van der Waals surface area contributed by atoms with Crippen LogP contribution in [-0.2, 0) is 16.0 Å². The zero-order chi connectivity index (χ0) is 18.8. The molecule has 138 valence electrons. The van der Waals surface area contributed by atoms with Crippen LogP contribution in [0, 0.1) is 0 Å². The highest BCUT2D eigenvalue weighted by Crippen LogP contribution is 2.17. The van der Waals surface area contributed by atoms with Gasteiger partial charge in [0, 0.05) is 11.4 Å². The summed E-state index contributed by atoms with van der Waals surface area (Å²) in [6, 6.07) is 14.2. The van der Waals surface area contributed by atoms with Gasteiger partial charge in [-0.15, -0.1) is 0 Å². The van der Waals surface area contributed by atoms with Crippen LogP contribution in [0.2, 0.25) is 5.02 Å². The molecule has 7 heteroatoms. The number of hydrazine groups is 1. The van der Waals surface area contributed by atoms with E-state index in [9.17, 15) is 9.59 Å². The second kappa shape index (κ2) is 10.3. The van der Waals surface area contributed by atoms with Gasteiger partial charge in [-0.2, -0.15) is 0 Å². The van der Waals surface area contributed by atoms with Crippen LogP contribution in [0.1, 0.15) is 18.4 Å². The van der Waals surface area contributed by atoms with Crippen LogP contribution >= 0.6 is 11.6 Å². The predicted molar refractivity (Wildman–Crippen MR) is 99.2 cm³/mol. The first-order chi connectivity index (χ1) is 12.6. The number of ether oxygens (including phenoxy) is 2. The average Bonchev–Trinajstić information content (AvgIpc) is 2.66. The first-order valence-corrected chi connectivity index (χ1v) is 8.53. The van der Waals surface area contributed by atoms with Crippen molar-refractivity contribution in [2.45, 2.75) is 19.3 Å². The topological polar surface area (TPSA) is 76.7 Å². The highest BCUT2D eigenvalue weighted by molar-refractivity contribution is 6.30. The fourth-order valence-corrected chi connectivity index (χ4v) is 2.25. The molecule has 26 heavy (non-hydrogen) atoms. The molecule has 2 aromatic rings. The summed E-state index contributed by atoms with van der Waals surface area (Å²) in [6.07, 6.45) is 0.945. The van der Waals surface area contributed by atoms with Gasteiger partial charge in [0.2, 0.25) is 11.8 Å². The van der Waals surface area contributed by atoms with E-state index in [1.54, 1.807) is 55.6 Å². The molecule has 2 N–H and O–H groups in total.